The zero-order chi connectivity index (χ0) is 27.4. The Hall–Kier alpha value is -3.36. The molecule has 208 valence electrons. The van der Waals surface area contributed by atoms with E-state index in [0.717, 1.165) is 22.3 Å². The van der Waals surface area contributed by atoms with E-state index in [1.807, 2.05) is 121 Å². The molecule has 0 unspecified atom stereocenters. The van der Waals surface area contributed by atoms with Crippen molar-refractivity contribution in [2.75, 3.05) is 6.61 Å². The molecule has 0 bridgehead atoms. The minimum absolute atomic E-state index is 0.224. The zero-order valence-corrected chi connectivity index (χ0v) is 22.5. The predicted octanol–water partition coefficient (Wildman–Crippen LogP) is 5.68. The predicted molar refractivity (Wildman–Crippen MR) is 152 cm³/mol. The summed E-state index contributed by atoms with van der Waals surface area (Å²) in [6.45, 7) is 1.65. The first-order valence-electron chi connectivity index (χ1n) is 13.7. The maximum absolute atomic E-state index is 11.2. The largest absolute Gasteiger partial charge is 0.374 e. The molecule has 0 amide bonds. The number of aliphatic hydroxyl groups excluding tert-OH is 1. The van der Waals surface area contributed by atoms with Crippen LogP contribution in [0, 0.1) is 0 Å². The Bertz CT molecular complexity index is 1240. The molecule has 0 aromatic heterocycles. The van der Waals surface area contributed by atoms with Gasteiger partial charge in [-0.15, -0.1) is 0 Å². The number of hydrogen-bond acceptors (Lipinski definition) is 6. The Morgan fingerprint density at radius 3 is 1.30 bits per heavy atom. The Balaban J connectivity index is 1.36. The summed E-state index contributed by atoms with van der Waals surface area (Å²) in [6.07, 6.45) is -3.72. The minimum Gasteiger partial charge on any atom is -0.374 e. The number of aliphatic hydroxyl groups is 1. The standard InChI is InChI=1S/C34H36O6/c35-34-33(39-24-29-19-11-4-12-20-29)32(38-23-28-17-9-3-10-18-28)31(37-22-27-15-7-2-8-16-27)30(40-34)25-36-21-26-13-5-1-6-14-26/h1-20,30-35H,21-25H2/t30-,31-,32-,33-,34-/m1/s1. The lowest BCUT2D eigenvalue weighted by atomic mass is 9.98. The highest BCUT2D eigenvalue weighted by molar-refractivity contribution is 5.16. The lowest BCUT2D eigenvalue weighted by molar-refractivity contribution is -0.317. The van der Waals surface area contributed by atoms with Crippen LogP contribution in [0.1, 0.15) is 22.3 Å². The zero-order valence-electron chi connectivity index (χ0n) is 22.5. The second-order valence-electron chi connectivity index (χ2n) is 9.85. The maximum Gasteiger partial charge on any atom is 0.184 e. The van der Waals surface area contributed by atoms with Crippen molar-refractivity contribution >= 4 is 0 Å². The van der Waals surface area contributed by atoms with Crippen LogP contribution >= 0.6 is 0 Å². The average molecular weight is 541 g/mol. The van der Waals surface area contributed by atoms with Gasteiger partial charge in [0.25, 0.3) is 0 Å². The highest BCUT2D eigenvalue weighted by Gasteiger charge is 2.48. The van der Waals surface area contributed by atoms with Crippen molar-refractivity contribution in [3.63, 3.8) is 0 Å². The Morgan fingerprint density at radius 1 is 0.475 bits per heavy atom. The van der Waals surface area contributed by atoms with Crippen molar-refractivity contribution in [2.24, 2.45) is 0 Å². The third-order valence-corrected chi connectivity index (χ3v) is 6.86. The number of benzene rings is 4. The summed E-state index contributed by atoms with van der Waals surface area (Å²) in [5.41, 5.74) is 4.10. The molecule has 4 aromatic rings. The van der Waals surface area contributed by atoms with Crippen LogP contribution in [0.4, 0.5) is 0 Å². The molecule has 1 N–H and O–H groups in total. The Morgan fingerprint density at radius 2 is 0.850 bits per heavy atom. The smallest absolute Gasteiger partial charge is 0.184 e. The number of ether oxygens (including phenoxy) is 5. The van der Waals surface area contributed by atoms with E-state index in [1.165, 1.54) is 0 Å². The molecule has 5 atom stereocenters. The molecule has 6 nitrogen and oxygen atoms in total. The van der Waals surface area contributed by atoms with Gasteiger partial charge in [0, 0.05) is 0 Å². The van der Waals surface area contributed by atoms with Crippen molar-refractivity contribution in [3.8, 4) is 0 Å². The Labute approximate surface area is 236 Å². The molecular weight excluding hydrogens is 504 g/mol. The highest BCUT2D eigenvalue weighted by atomic mass is 16.7. The quantitative estimate of drug-likeness (QED) is 0.236. The molecule has 0 aliphatic carbocycles. The van der Waals surface area contributed by atoms with Crippen molar-refractivity contribution in [3.05, 3.63) is 144 Å². The lowest BCUT2D eigenvalue weighted by Gasteiger charge is -2.44. The van der Waals surface area contributed by atoms with Gasteiger partial charge in [-0.1, -0.05) is 121 Å². The van der Waals surface area contributed by atoms with Gasteiger partial charge in [0.05, 0.1) is 33.0 Å². The molecule has 1 saturated heterocycles. The number of hydrogen-bond donors (Lipinski definition) is 1. The van der Waals surface area contributed by atoms with Gasteiger partial charge in [0.1, 0.15) is 24.4 Å². The van der Waals surface area contributed by atoms with E-state index in [0.29, 0.717) is 26.4 Å². The first kappa shape index (κ1) is 28.2. The summed E-state index contributed by atoms with van der Waals surface area (Å²) in [5, 5.41) is 11.2. The molecule has 4 aromatic carbocycles. The van der Waals surface area contributed by atoms with Crippen LogP contribution in [0.3, 0.4) is 0 Å². The van der Waals surface area contributed by atoms with Crippen LogP contribution < -0.4 is 0 Å². The summed E-state index contributed by atoms with van der Waals surface area (Å²) in [7, 11) is 0. The average Bonchev–Trinajstić information content (AvgIpc) is 3.01. The highest BCUT2D eigenvalue weighted by Crippen LogP contribution is 2.30. The van der Waals surface area contributed by atoms with E-state index in [1.54, 1.807) is 0 Å². The van der Waals surface area contributed by atoms with Crippen LogP contribution in [0.2, 0.25) is 0 Å². The van der Waals surface area contributed by atoms with Gasteiger partial charge in [0.15, 0.2) is 6.29 Å². The molecule has 1 fully saturated rings. The fourth-order valence-corrected chi connectivity index (χ4v) is 4.77. The maximum atomic E-state index is 11.2. The fourth-order valence-electron chi connectivity index (χ4n) is 4.77. The van der Waals surface area contributed by atoms with Gasteiger partial charge in [-0.2, -0.15) is 0 Å². The van der Waals surface area contributed by atoms with Gasteiger partial charge in [-0.25, -0.2) is 0 Å². The van der Waals surface area contributed by atoms with Crippen molar-refractivity contribution < 1.29 is 28.8 Å². The van der Waals surface area contributed by atoms with E-state index < -0.39 is 30.7 Å². The van der Waals surface area contributed by atoms with Gasteiger partial charge in [-0.3, -0.25) is 0 Å². The lowest BCUT2D eigenvalue weighted by Crippen LogP contribution is -2.61. The van der Waals surface area contributed by atoms with Crippen molar-refractivity contribution in [1.82, 2.24) is 0 Å². The Kier molecular flexibility index (Phi) is 10.5. The SMILES string of the molecule is O[C@@H]1O[C@H](COCc2ccccc2)[C@@H](OCc2ccccc2)[C@@H](OCc2ccccc2)[C@H]1OCc1ccccc1. The van der Waals surface area contributed by atoms with Gasteiger partial charge in [-0.05, 0) is 22.3 Å². The molecule has 6 heteroatoms. The molecule has 1 aliphatic heterocycles. The van der Waals surface area contributed by atoms with Gasteiger partial charge < -0.3 is 28.8 Å². The van der Waals surface area contributed by atoms with Crippen LogP contribution in [-0.4, -0.2) is 42.4 Å². The molecular formula is C34H36O6. The molecule has 0 spiro atoms. The molecule has 1 heterocycles. The monoisotopic (exact) mass is 540 g/mol. The topological polar surface area (TPSA) is 66.4 Å². The number of rotatable bonds is 13. The normalized spacial score (nSPS) is 22.7. The summed E-state index contributed by atoms with van der Waals surface area (Å²) < 4.78 is 31.4. The van der Waals surface area contributed by atoms with Crippen LogP contribution in [-0.2, 0) is 50.1 Å². The first-order valence-corrected chi connectivity index (χ1v) is 13.7. The summed E-state index contributed by atoms with van der Waals surface area (Å²) >= 11 is 0. The third kappa shape index (κ3) is 8.08. The first-order chi connectivity index (χ1) is 19.8. The van der Waals surface area contributed by atoms with Crippen LogP contribution in [0.15, 0.2) is 121 Å². The van der Waals surface area contributed by atoms with Crippen molar-refractivity contribution in [1.29, 1.82) is 0 Å². The molecule has 1 aliphatic rings. The third-order valence-electron chi connectivity index (χ3n) is 6.86. The van der Waals surface area contributed by atoms with E-state index >= 15 is 0 Å². The van der Waals surface area contributed by atoms with E-state index in [9.17, 15) is 5.11 Å². The van der Waals surface area contributed by atoms with E-state index in [2.05, 4.69) is 0 Å². The molecule has 0 saturated carbocycles. The van der Waals surface area contributed by atoms with Gasteiger partial charge in [0.2, 0.25) is 0 Å². The summed E-state index contributed by atoms with van der Waals surface area (Å²) in [6, 6.07) is 39.7. The molecule has 40 heavy (non-hydrogen) atoms. The second-order valence-corrected chi connectivity index (χ2v) is 9.85. The molecule has 0 radical (unpaired) electrons. The fraction of sp³-hybridized carbons (Fsp3) is 0.294. The summed E-state index contributed by atoms with van der Waals surface area (Å²) in [5.74, 6) is 0. The van der Waals surface area contributed by atoms with Crippen molar-refractivity contribution in [2.45, 2.75) is 57.1 Å². The van der Waals surface area contributed by atoms with Crippen LogP contribution in [0.5, 0.6) is 0 Å². The van der Waals surface area contributed by atoms with E-state index in [4.69, 9.17) is 23.7 Å². The summed E-state index contributed by atoms with van der Waals surface area (Å²) in [4.78, 5) is 0. The molecule has 5 rings (SSSR count). The second kappa shape index (κ2) is 14.9. The van der Waals surface area contributed by atoms with Crippen LogP contribution in [0.25, 0.3) is 0 Å². The van der Waals surface area contributed by atoms with Gasteiger partial charge >= 0.3 is 0 Å². The minimum atomic E-state index is -1.22. The van der Waals surface area contributed by atoms with E-state index in [-0.39, 0.29) is 6.61 Å².